The van der Waals surface area contributed by atoms with Gasteiger partial charge in [0, 0.05) is 35.2 Å². The molecule has 1 aliphatic rings. The second-order valence-corrected chi connectivity index (χ2v) is 7.91. The monoisotopic (exact) mass is 450 g/mol. The zero-order valence-corrected chi connectivity index (χ0v) is 17.8. The van der Waals surface area contributed by atoms with Crippen molar-refractivity contribution in [2.24, 2.45) is 5.92 Å². The minimum Gasteiger partial charge on any atom is -0.454 e. The molecule has 1 aliphatic carbocycles. The van der Waals surface area contributed by atoms with Crippen molar-refractivity contribution in [1.82, 2.24) is 5.16 Å². The van der Waals surface area contributed by atoms with Crippen LogP contribution in [0.1, 0.15) is 47.4 Å². The van der Waals surface area contributed by atoms with E-state index in [9.17, 15) is 14.9 Å². The van der Waals surface area contributed by atoms with Crippen LogP contribution in [-0.2, 0) is 11.3 Å². The second-order valence-electron chi connectivity index (χ2n) is 7.50. The number of nitro benzene ring substituents is 1. The first kappa shape index (κ1) is 21.6. The highest BCUT2D eigenvalue weighted by Crippen LogP contribution is 2.25. The van der Waals surface area contributed by atoms with Crippen LogP contribution >= 0.6 is 11.6 Å². The van der Waals surface area contributed by atoms with Crippen LogP contribution in [-0.4, -0.2) is 16.0 Å². The number of hydrogen-bond donors (Lipinski definition) is 0. The van der Waals surface area contributed by atoms with Gasteiger partial charge in [-0.3, -0.25) is 10.1 Å². The van der Waals surface area contributed by atoms with Crippen LogP contribution in [0.4, 0.5) is 5.69 Å². The number of hydrogen-bond acceptors (Lipinski definition) is 6. The molecule has 1 heterocycles. The standard InChI is InChI=1S/C24H19ClN2O5/c25-22-13-19(8-7-17(22)6-5-16-3-1-2-4-16)24(28)31-15-21-14-23(26-32-21)18-9-11-20(12-10-18)27(29)30/h7-14,16H,1-4,15H2. The zero-order chi connectivity index (χ0) is 22.5. The minimum absolute atomic E-state index is 0.0133. The predicted octanol–water partition coefficient (Wildman–Crippen LogP) is 5.80. The number of esters is 1. The van der Waals surface area contributed by atoms with Gasteiger partial charge in [0.2, 0.25) is 0 Å². The van der Waals surface area contributed by atoms with Gasteiger partial charge in [0.25, 0.3) is 5.69 Å². The molecule has 1 fully saturated rings. The number of non-ortho nitro benzene ring substituents is 1. The van der Waals surface area contributed by atoms with Crippen molar-refractivity contribution in [2.75, 3.05) is 0 Å². The molecule has 1 aromatic heterocycles. The molecule has 0 unspecified atom stereocenters. The number of nitro groups is 1. The lowest BCUT2D eigenvalue weighted by atomic mass is 10.1. The van der Waals surface area contributed by atoms with E-state index in [4.69, 9.17) is 20.9 Å². The van der Waals surface area contributed by atoms with Gasteiger partial charge in [0.05, 0.1) is 15.5 Å². The predicted molar refractivity (Wildman–Crippen MR) is 118 cm³/mol. The number of ether oxygens (including phenoxy) is 1. The van der Waals surface area contributed by atoms with Crippen molar-refractivity contribution >= 4 is 23.3 Å². The summed E-state index contributed by atoms with van der Waals surface area (Å²) in [6, 6.07) is 12.4. The summed E-state index contributed by atoms with van der Waals surface area (Å²) in [5.41, 5.74) is 2.13. The van der Waals surface area contributed by atoms with Crippen molar-refractivity contribution in [3.8, 4) is 23.1 Å². The lowest BCUT2D eigenvalue weighted by molar-refractivity contribution is -0.384. The molecule has 7 nitrogen and oxygen atoms in total. The van der Waals surface area contributed by atoms with Gasteiger partial charge in [-0.25, -0.2) is 4.79 Å². The maximum Gasteiger partial charge on any atom is 0.338 e. The highest BCUT2D eigenvalue weighted by atomic mass is 35.5. The largest absolute Gasteiger partial charge is 0.454 e. The van der Waals surface area contributed by atoms with Crippen molar-refractivity contribution in [3.05, 3.63) is 80.6 Å². The van der Waals surface area contributed by atoms with E-state index in [0.717, 1.165) is 12.8 Å². The summed E-state index contributed by atoms with van der Waals surface area (Å²) in [5.74, 6) is 6.59. The van der Waals surface area contributed by atoms with Crippen LogP contribution in [0, 0.1) is 27.9 Å². The summed E-state index contributed by atoms with van der Waals surface area (Å²) in [7, 11) is 0. The number of carbonyl (C=O) groups excluding carboxylic acids is 1. The van der Waals surface area contributed by atoms with Crippen LogP contribution in [0.25, 0.3) is 11.3 Å². The van der Waals surface area contributed by atoms with E-state index in [2.05, 4.69) is 17.0 Å². The molecule has 0 bridgehead atoms. The Balaban J connectivity index is 1.36. The van der Waals surface area contributed by atoms with E-state index >= 15 is 0 Å². The zero-order valence-electron chi connectivity index (χ0n) is 17.0. The third-order valence-electron chi connectivity index (χ3n) is 5.25. The number of carbonyl (C=O) groups is 1. The Morgan fingerprint density at radius 1 is 1.19 bits per heavy atom. The van der Waals surface area contributed by atoms with Crippen molar-refractivity contribution in [2.45, 2.75) is 32.3 Å². The molecule has 0 atom stereocenters. The molecular formula is C24H19ClN2O5. The van der Waals surface area contributed by atoms with Gasteiger partial charge in [0.15, 0.2) is 12.4 Å². The van der Waals surface area contributed by atoms with Gasteiger partial charge in [-0.15, -0.1) is 0 Å². The molecule has 3 aromatic rings. The first-order valence-electron chi connectivity index (χ1n) is 10.2. The van der Waals surface area contributed by atoms with Gasteiger partial charge in [-0.05, 0) is 43.2 Å². The average Bonchev–Trinajstić information content (AvgIpc) is 3.49. The van der Waals surface area contributed by atoms with Gasteiger partial charge in [-0.1, -0.05) is 41.4 Å². The Hall–Kier alpha value is -3.63. The van der Waals surface area contributed by atoms with Crippen LogP contribution in [0.5, 0.6) is 0 Å². The molecule has 0 saturated heterocycles. The molecule has 2 aromatic carbocycles. The summed E-state index contributed by atoms with van der Waals surface area (Å²) in [5, 5.41) is 15.1. The second kappa shape index (κ2) is 9.67. The van der Waals surface area contributed by atoms with Crippen molar-refractivity contribution in [1.29, 1.82) is 0 Å². The fourth-order valence-corrected chi connectivity index (χ4v) is 3.71. The number of aromatic nitrogens is 1. The summed E-state index contributed by atoms with van der Waals surface area (Å²) < 4.78 is 10.5. The van der Waals surface area contributed by atoms with Crippen molar-refractivity contribution < 1.29 is 19.0 Å². The normalized spacial score (nSPS) is 13.4. The first-order valence-corrected chi connectivity index (χ1v) is 10.6. The Bertz CT molecular complexity index is 1200. The lowest BCUT2D eigenvalue weighted by Crippen LogP contribution is -2.05. The number of benzene rings is 2. The number of halogens is 1. The topological polar surface area (TPSA) is 95.5 Å². The number of nitrogens with zero attached hydrogens (tertiary/aromatic N) is 2. The summed E-state index contributed by atoms with van der Waals surface area (Å²) in [6.07, 6.45) is 4.70. The van der Waals surface area contributed by atoms with Crippen LogP contribution in [0.2, 0.25) is 5.02 Å². The Kier molecular flexibility index (Phi) is 6.52. The summed E-state index contributed by atoms with van der Waals surface area (Å²) in [6.45, 7) is -0.111. The van der Waals surface area contributed by atoms with E-state index < -0.39 is 10.9 Å². The molecule has 0 radical (unpaired) electrons. The van der Waals surface area contributed by atoms with E-state index in [1.165, 1.54) is 25.0 Å². The average molecular weight is 451 g/mol. The molecule has 0 aliphatic heterocycles. The first-order chi connectivity index (χ1) is 15.5. The van der Waals surface area contributed by atoms with Gasteiger partial charge in [0.1, 0.15) is 5.69 Å². The van der Waals surface area contributed by atoms with E-state index in [-0.39, 0.29) is 12.3 Å². The van der Waals surface area contributed by atoms with Gasteiger partial charge in [-0.2, -0.15) is 0 Å². The van der Waals surface area contributed by atoms with Gasteiger partial charge < -0.3 is 9.26 Å². The van der Waals surface area contributed by atoms with E-state index in [0.29, 0.717) is 39.1 Å². The highest BCUT2D eigenvalue weighted by Gasteiger charge is 2.14. The third-order valence-corrected chi connectivity index (χ3v) is 5.56. The molecular weight excluding hydrogens is 432 g/mol. The molecule has 162 valence electrons. The van der Waals surface area contributed by atoms with Crippen LogP contribution in [0.15, 0.2) is 53.1 Å². The number of rotatable bonds is 5. The fraction of sp³-hybridized carbons (Fsp3) is 0.250. The lowest BCUT2D eigenvalue weighted by Gasteiger charge is -2.04. The van der Waals surface area contributed by atoms with Crippen molar-refractivity contribution in [3.63, 3.8) is 0 Å². The fourth-order valence-electron chi connectivity index (χ4n) is 3.48. The molecule has 0 amide bonds. The highest BCUT2D eigenvalue weighted by molar-refractivity contribution is 6.32. The quantitative estimate of drug-likeness (QED) is 0.211. The summed E-state index contributed by atoms with van der Waals surface area (Å²) in [4.78, 5) is 22.7. The Labute approximate surface area is 189 Å². The SMILES string of the molecule is O=C(OCc1cc(-c2ccc([N+](=O)[O-])cc2)no1)c1ccc(C#CC2CCCC2)c(Cl)c1. The smallest absolute Gasteiger partial charge is 0.338 e. The van der Waals surface area contributed by atoms with E-state index in [1.54, 1.807) is 36.4 Å². The molecule has 32 heavy (non-hydrogen) atoms. The van der Waals surface area contributed by atoms with Gasteiger partial charge >= 0.3 is 5.97 Å². The molecule has 0 spiro atoms. The maximum absolute atomic E-state index is 12.4. The molecule has 0 N–H and O–H groups in total. The third kappa shape index (κ3) is 5.16. The van der Waals surface area contributed by atoms with Crippen LogP contribution in [0.3, 0.4) is 0 Å². The molecule has 1 saturated carbocycles. The van der Waals surface area contributed by atoms with Crippen LogP contribution < -0.4 is 0 Å². The molecule has 8 heteroatoms. The summed E-state index contributed by atoms with van der Waals surface area (Å²) >= 11 is 6.30. The Morgan fingerprint density at radius 3 is 2.62 bits per heavy atom. The molecule has 4 rings (SSSR count). The van der Waals surface area contributed by atoms with E-state index in [1.807, 2.05) is 0 Å². The maximum atomic E-state index is 12.4. The minimum atomic E-state index is -0.546. The Morgan fingerprint density at radius 2 is 1.94 bits per heavy atom.